The molecule has 0 fully saturated rings. The SMILES string of the molecule is CCCCCCCCOc1cc(=NC(=O)CC(C)C)cnn1-c1ccccc1. The van der Waals surface area contributed by atoms with Gasteiger partial charge in [0, 0.05) is 12.5 Å². The Balaban J connectivity index is 2.12. The predicted octanol–water partition coefficient (Wildman–Crippen LogP) is 5.09. The maximum atomic E-state index is 12.0. The fourth-order valence-electron chi connectivity index (χ4n) is 2.92. The second kappa shape index (κ2) is 12.1. The van der Waals surface area contributed by atoms with Gasteiger partial charge in [0.25, 0.3) is 0 Å². The van der Waals surface area contributed by atoms with Crippen molar-refractivity contribution in [3.63, 3.8) is 0 Å². The van der Waals surface area contributed by atoms with E-state index < -0.39 is 0 Å². The summed E-state index contributed by atoms with van der Waals surface area (Å²) in [4.78, 5) is 16.2. The zero-order valence-electron chi connectivity index (χ0n) is 17.4. The molecule has 0 N–H and O–H groups in total. The molecule has 1 heterocycles. The van der Waals surface area contributed by atoms with E-state index in [4.69, 9.17) is 4.74 Å². The number of amides is 1. The lowest BCUT2D eigenvalue weighted by Crippen LogP contribution is -2.16. The Kier molecular flexibility index (Phi) is 9.46. The summed E-state index contributed by atoms with van der Waals surface area (Å²) >= 11 is 0. The monoisotopic (exact) mass is 383 g/mol. The summed E-state index contributed by atoms with van der Waals surface area (Å²) in [7, 11) is 0. The van der Waals surface area contributed by atoms with Crippen molar-refractivity contribution >= 4 is 5.91 Å². The topological polar surface area (TPSA) is 56.5 Å². The van der Waals surface area contributed by atoms with E-state index in [-0.39, 0.29) is 11.8 Å². The van der Waals surface area contributed by atoms with Crippen molar-refractivity contribution in [1.82, 2.24) is 9.78 Å². The molecule has 2 aromatic rings. The van der Waals surface area contributed by atoms with Crippen LogP contribution in [0.2, 0.25) is 0 Å². The van der Waals surface area contributed by atoms with Crippen LogP contribution >= 0.6 is 0 Å². The van der Waals surface area contributed by atoms with Crippen LogP contribution in [0.3, 0.4) is 0 Å². The Labute approximate surface area is 168 Å². The van der Waals surface area contributed by atoms with Crippen LogP contribution in [0.5, 0.6) is 5.88 Å². The number of benzene rings is 1. The van der Waals surface area contributed by atoms with Gasteiger partial charge in [-0.25, -0.2) is 9.67 Å². The minimum atomic E-state index is -0.129. The van der Waals surface area contributed by atoms with Crippen molar-refractivity contribution in [3.8, 4) is 11.6 Å². The Hall–Kier alpha value is -2.43. The van der Waals surface area contributed by atoms with Crippen LogP contribution in [0.1, 0.15) is 65.7 Å². The fourth-order valence-corrected chi connectivity index (χ4v) is 2.92. The minimum absolute atomic E-state index is 0.129. The lowest BCUT2D eigenvalue weighted by atomic mass is 10.1. The van der Waals surface area contributed by atoms with Gasteiger partial charge in [-0.2, -0.15) is 5.10 Å². The quantitative estimate of drug-likeness (QED) is 0.508. The van der Waals surface area contributed by atoms with Gasteiger partial charge in [-0.3, -0.25) is 4.79 Å². The van der Waals surface area contributed by atoms with E-state index in [9.17, 15) is 4.79 Å². The maximum absolute atomic E-state index is 12.0. The van der Waals surface area contributed by atoms with Gasteiger partial charge >= 0.3 is 0 Å². The summed E-state index contributed by atoms with van der Waals surface area (Å²) < 4.78 is 7.78. The Bertz CT molecular complexity index is 782. The Morgan fingerprint density at radius 2 is 1.82 bits per heavy atom. The molecule has 2 rings (SSSR count). The molecule has 0 unspecified atom stereocenters. The number of para-hydroxylation sites is 1. The molecule has 0 aliphatic rings. The second-order valence-electron chi connectivity index (χ2n) is 7.52. The third-order valence-electron chi connectivity index (χ3n) is 4.37. The number of nitrogens with zero attached hydrogens (tertiary/aromatic N) is 3. The second-order valence-corrected chi connectivity index (χ2v) is 7.52. The van der Waals surface area contributed by atoms with E-state index in [1.807, 2.05) is 44.2 Å². The molecule has 28 heavy (non-hydrogen) atoms. The molecule has 5 nitrogen and oxygen atoms in total. The maximum Gasteiger partial charge on any atom is 0.246 e. The highest BCUT2D eigenvalue weighted by molar-refractivity contribution is 5.77. The summed E-state index contributed by atoms with van der Waals surface area (Å²) in [6, 6.07) is 11.7. The van der Waals surface area contributed by atoms with Gasteiger partial charge in [-0.15, -0.1) is 0 Å². The van der Waals surface area contributed by atoms with Crippen molar-refractivity contribution in [3.05, 3.63) is 48.0 Å². The third kappa shape index (κ3) is 7.67. The first kappa shape index (κ1) is 21.9. The van der Waals surface area contributed by atoms with Gasteiger partial charge in [0.1, 0.15) is 0 Å². The highest BCUT2D eigenvalue weighted by Crippen LogP contribution is 2.15. The molecule has 0 aliphatic carbocycles. The van der Waals surface area contributed by atoms with Gasteiger partial charge in [-0.1, -0.05) is 71.1 Å². The predicted molar refractivity (Wildman–Crippen MR) is 112 cm³/mol. The number of carbonyl (C=O) groups excluding carboxylic acids is 1. The van der Waals surface area contributed by atoms with Gasteiger partial charge in [0.15, 0.2) is 0 Å². The number of ether oxygens (including phenoxy) is 1. The largest absolute Gasteiger partial charge is 0.478 e. The molecule has 0 bridgehead atoms. The third-order valence-corrected chi connectivity index (χ3v) is 4.37. The van der Waals surface area contributed by atoms with Crippen LogP contribution in [0.4, 0.5) is 0 Å². The molecule has 0 atom stereocenters. The summed E-state index contributed by atoms with van der Waals surface area (Å²) in [5, 5.41) is 5.00. The number of unbranched alkanes of at least 4 members (excludes halogenated alkanes) is 5. The normalized spacial score (nSPS) is 11.8. The van der Waals surface area contributed by atoms with Gasteiger partial charge < -0.3 is 4.74 Å². The van der Waals surface area contributed by atoms with Crippen LogP contribution in [0.25, 0.3) is 5.69 Å². The van der Waals surface area contributed by atoms with E-state index in [1.165, 1.54) is 25.7 Å². The van der Waals surface area contributed by atoms with Crippen LogP contribution in [-0.2, 0) is 4.79 Å². The summed E-state index contributed by atoms with van der Waals surface area (Å²) in [5.74, 6) is 0.764. The van der Waals surface area contributed by atoms with E-state index in [1.54, 1.807) is 16.9 Å². The average Bonchev–Trinajstić information content (AvgIpc) is 2.67. The van der Waals surface area contributed by atoms with E-state index >= 15 is 0 Å². The first-order chi connectivity index (χ1) is 13.6. The number of aromatic nitrogens is 2. The van der Waals surface area contributed by atoms with Gasteiger partial charge in [0.2, 0.25) is 11.8 Å². The highest BCUT2D eigenvalue weighted by Gasteiger charge is 2.07. The molecule has 1 aromatic heterocycles. The molecule has 152 valence electrons. The number of rotatable bonds is 11. The molecule has 0 aliphatic heterocycles. The van der Waals surface area contributed by atoms with Crippen molar-refractivity contribution in [2.45, 2.75) is 65.7 Å². The van der Waals surface area contributed by atoms with E-state index in [2.05, 4.69) is 17.0 Å². The van der Waals surface area contributed by atoms with E-state index in [0.717, 1.165) is 18.5 Å². The van der Waals surface area contributed by atoms with Crippen molar-refractivity contribution in [2.24, 2.45) is 10.9 Å². The molecular formula is C23H33N3O2. The molecule has 0 spiro atoms. The standard InChI is InChI=1S/C23H33N3O2/c1-4-5-6-7-8-12-15-28-23-17-20(25-22(27)16-19(2)3)18-24-26(23)21-13-10-9-11-14-21/h9-11,13-14,17-19H,4-8,12,15-16H2,1-3H3. The van der Waals surface area contributed by atoms with Gasteiger partial charge in [-0.05, 0) is 24.5 Å². The summed E-state index contributed by atoms with van der Waals surface area (Å²) in [6.45, 7) is 6.87. The average molecular weight is 384 g/mol. The van der Waals surface area contributed by atoms with Crippen LogP contribution in [0, 0.1) is 5.92 Å². The number of hydrogen-bond acceptors (Lipinski definition) is 3. The summed E-state index contributed by atoms with van der Waals surface area (Å²) in [5.41, 5.74) is 0.917. The molecule has 1 amide bonds. The van der Waals surface area contributed by atoms with Crippen molar-refractivity contribution in [2.75, 3.05) is 6.61 Å². The molecule has 0 saturated heterocycles. The van der Waals surface area contributed by atoms with E-state index in [0.29, 0.717) is 24.3 Å². The van der Waals surface area contributed by atoms with Crippen LogP contribution in [0.15, 0.2) is 47.6 Å². The Morgan fingerprint density at radius 1 is 1.11 bits per heavy atom. The smallest absolute Gasteiger partial charge is 0.246 e. The lowest BCUT2D eigenvalue weighted by Gasteiger charge is -2.13. The zero-order chi connectivity index (χ0) is 20.2. The molecule has 5 heteroatoms. The lowest BCUT2D eigenvalue weighted by molar-refractivity contribution is -0.118. The molecular weight excluding hydrogens is 350 g/mol. The fraction of sp³-hybridized carbons (Fsp3) is 0.522. The Morgan fingerprint density at radius 3 is 2.54 bits per heavy atom. The molecule has 1 aromatic carbocycles. The van der Waals surface area contributed by atoms with Crippen LogP contribution < -0.4 is 10.1 Å². The first-order valence-electron chi connectivity index (χ1n) is 10.4. The van der Waals surface area contributed by atoms with Crippen LogP contribution in [-0.4, -0.2) is 22.3 Å². The molecule has 0 radical (unpaired) electrons. The number of carbonyl (C=O) groups is 1. The minimum Gasteiger partial charge on any atom is -0.478 e. The van der Waals surface area contributed by atoms with Crippen molar-refractivity contribution in [1.29, 1.82) is 0 Å². The molecule has 0 saturated carbocycles. The van der Waals surface area contributed by atoms with Gasteiger partial charge in [0.05, 0.1) is 23.8 Å². The number of hydrogen-bond donors (Lipinski definition) is 0. The first-order valence-corrected chi connectivity index (χ1v) is 10.4. The highest BCUT2D eigenvalue weighted by atomic mass is 16.5. The zero-order valence-corrected chi connectivity index (χ0v) is 17.4. The summed E-state index contributed by atoms with van der Waals surface area (Å²) in [6.07, 6.45) is 9.30. The van der Waals surface area contributed by atoms with Crippen molar-refractivity contribution < 1.29 is 9.53 Å².